The summed E-state index contributed by atoms with van der Waals surface area (Å²) in [5.41, 5.74) is 8.09. The Morgan fingerprint density at radius 3 is 2.76 bits per heavy atom. The number of furan rings is 1. The van der Waals surface area contributed by atoms with Crippen LogP contribution in [0.25, 0.3) is 0 Å². The van der Waals surface area contributed by atoms with Gasteiger partial charge in [-0.25, -0.2) is 0 Å². The van der Waals surface area contributed by atoms with Gasteiger partial charge in [0.05, 0.1) is 23.2 Å². The van der Waals surface area contributed by atoms with Crippen molar-refractivity contribution in [2.75, 3.05) is 24.8 Å². The smallest absolute Gasteiger partial charge is 0.198 e. The highest BCUT2D eigenvalue weighted by Crippen LogP contribution is 2.28. The Balaban J connectivity index is 2.41. The summed E-state index contributed by atoms with van der Waals surface area (Å²) in [6, 6.07) is 6.88. The Hall–Kier alpha value is -2.76. The highest BCUT2D eigenvalue weighted by Gasteiger charge is 2.18. The Morgan fingerprint density at radius 2 is 2.14 bits per heavy atom. The number of nitrogens with zero attached hydrogens (tertiary/aromatic N) is 2. The molecule has 110 valence electrons. The number of benzene rings is 1. The molecule has 0 fully saturated rings. The summed E-state index contributed by atoms with van der Waals surface area (Å²) < 4.78 is 4.94. The van der Waals surface area contributed by atoms with Gasteiger partial charge in [-0.2, -0.15) is 0 Å². The lowest BCUT2D eigenvalue weighted by atomic mass is 10.0. The van der Waals surface area contributed by atoms with Crippen molar-refractivity contribution in [3.8, 4) is 0 Å². The zero-order chi connectivity index (χ0) is 15.4. The number of oxime groups is 1. The van der Waals surface area contributed by atoms with Gasteiger partial charge in [0.25, 0.3) is 0 Å². The minimum atomic E-state index is -0.183. The van der Waals surface area contributed by atoms with Crippen LogP contribution in [-0.4, -0.2) is 25.8 Å². The molecule has 1 aromatic carbocycles. The average molecular weight is 287 g/mol. The molecule has 0 bridgehead atoms. The van der Waals surface area contributed by atoms with Crippen LogP contribution in [0.15, 0.2) is 46.4 Å². The van der Waals surface area contributed by atoms with Crippen LogP contribution in [-0.2, 0) is 4.84 Å². The minimum absolute atomic E-state index is 0.183. The second-order valence-electron chi connectivity index (χ2n) is 4.46. The number of hydrogen-bond acceptors (Lipinski definition) is 5. The fraction of sp³-hybridized carbons (Fsp3) is 0.200. The van der Waals surface area contributed by atoms with Gasteiger partial charge in [-0.1, -0.05) is 11.2 Å². The van der Waals surface area contributed by atoms with E-state index in [9.17, 15) is 4.79 Å². The largest absolute Gasteiger partial charge is 0.472 e. The minimum Gasteiger partial charge on any atom is -0.472 e. The molecule has 0 aliphatic heterocycles. The summed E-state index contributed by atoms with van der Waals surface area (Å²) in [7, 11) is 3.27. The van der Waals surface area contributed by atoms with E-state index < -0.39 is 0 Å². The summed E-state index contributed by atoms with van der Waals surface area (Å²) in [6.07, 6.45) is 2.85. The topological polar surface area (TPSA) is 81.1 Å². The summed E-state index contributed by atoms with van der Waals surface area (Å²) in [5.74, 6) is 0.440. The zero-order valence-electron chi connectivity index (χ0n) is 12.2. The van der Waals surface area contributed by atoms with E-state index in [2.05, 4.69) is 5.16 Å². The van der Waals surface area contributed by atoms with Gasteiger partial charge in [-0.05, 0) is 25.1 Å². The normalized spacial score (nSPS) is 11.3. The lowest BCUT2D eigenvalue weighted by Gasteiger charge is -2.21. The highest BCUT2D eigenvalue weighted by molar-refractivity contribution is 6.14. The van der Waals surface area contributed by atoms with Crippen LogP contribution in [0.3, 0.4) is 0 Å². The maximum Gasteiger partial charge on any atom is 0.198 e. The number of hydrogen-bond donors (Lipinski definition) is 1. The molecule has 1 aromatic heterocycles. The monoisotopic (exact) mass is 287 g/mol. The molecule has 2 N–H and O–H groups in total. The lowest BCUT2D eigenvalue weighted by molar-refractivity contribution is 0.103. The average Bonchev–Trinajstić information content (AvgIpc) is 3.00. The van der Waals surface area contributed by atoms with Crippen molar-refractivity contribution in [1.29, 1.82) is 0 Å². The molecular weight excluding hydrogens is 270 g/mol. The van der Waals surface area contributed by atoms with Gasteiger partial charge in [-0.3, -0.25) is 4.79 Å². The van der Waals surface area contributed by atoms with Gasteiger partial charge >= 0.3 is 0 Å². The third kappa shape index (κ3) is 2.89. The molecule has 0 saturated carbocycles. The number of nitrogen functional groups attached to an aromatic ring is 1. The van der Waals surface area contributed by atoms with Gasteiger partial charge in [0.15, 0.2) is 5.78 Å². The predicted molar refractivity (Wildman–Crippen MR) is 81.5 cm³/mol. The van der Waals surface area contributed by atoms with Crippen molar-refractivity contribution in [1.82, 2.24) is 0 Å². The van der Waals surface area contributed by atoms with Gasteiger partial charge < -0.3 is 19.9 Å². The van der Waals surface area contributed by atoms with Crippen molar-refractivity contribution in [2.45, 2.75) is 6.92 Å². The van der Waals surface area contributed by atoms with Crippen molar-refractivity contribution >= 4 is 23.0 Å². The number of para-hydroxylation sites is 1. The van der Waals surface area contributed by atoms with Crippen LogP contribution in [0.5, 0.6) is 0 Å². The number of ketones is 1. The Kier molecular flexibility index (Phi) is 4.27. The molecule has 6 heteroatoms. The van der Waals surface area contributed by atoms with Crippen molar-refractivity contribution < 1.29 is 14.0 Å². The van der Waals surface area contributed by atoms with Crippen LogP contribution in [0.4, 0.5) is 11.4 Å². The Labute approximate surface area is 122 Å². The van der Waals surface area contributed by atoms with Crippen molar-refractivity contribution in [3.05, 3.63) is 47.9 Å². The summed E-state index contributed by atoms with van der Waals surface area (Å²) >= 11 is 0. The second-order valence-corrected chi connectivity index (χ2v) is 4.46. The molecule has 0 spiro atoms. The molecule has 2 aromatic rings. The van der Waals surface area contributed by atoms with Gasteiger partial charge in [0.2, 0.25) is 0 Å². The van der Waals surface area contributed by atoms with E-state index >= 15 is 0 Å². The molecule has 0 amide bonds. The van der Waals surface area contributed by atoms with Gasteiger partial charge in [0.1, 0.15) is 19.2 Å². The standard InChI is InChI=1S/C15H17N3O3/c1-10(17-20-3)18(2)13-6-4-5-12(14(13)16)15(19)11-7-8-21-9-11/h4-9H,16H2,1-3H3. The lowest BCUT2D eigenvalue weighted by Crippen LogP contribution is -2.25. The van der Waals surface area contributed by atoms with Gasteiger partial charge in [0, 0.05) is 12.6 Å². The number of rotatable bonds is 4. The molecule has 0 atom stereocenters. The van der Waals surface area contributed by atoms with Crippen LogP contribution < -0.4 is 10.6 Å². The Bertz CT molecular complexity index is 663. The summed E-state index contributed by atoms with van der Waals surface area (Å²) in [6.45, 7) is 1.79. The molecule has 0 unspecified atom stereocenters. The molecule has 1 heterocycles. The quantitative estimate of drug-likeness (QED) is 0.307. The first-order chi connectivity index (χ1) is 10.1. The molecule has 6 nitrogen and oxygen atoms in total. The molecule has 2 rings (SSSR count). The molecule has 0 saturated heterocycles. The van der Waals surface area contributed by atoms with E-state index in [1.165, 1.54) is 19.6 Å². The van der Waals surface area contributed by atoms with E-state index in [1.54, 1.807) is 37.1 Å². The number of nitrogens with two attached hydrogens (primary N) is 1. The number of carbonyl (C=O) groups is 1. The van der Waals surface area contributed by atoms with E-state index in [0.717, 1.165) is 0 Å². The summed E-state index contributed by atoms with van der Waals surface area (Å²) in [5, 5.41) is 3.85. The third-order valence-corrected chi connectivity index (χ3v) is 3.18. The zero-order valence-corrected chi connectivity index (χ0v) is 12.2. The molecule has 0 aliphatic carbocycles. The fourth-order valence-corrected chi connectivity index (χ4v) is 1.96. The van der Waals surface area contributed by atoms with Crippen LogP contribution in [0.1, 0.15) is 22.8 Å². The van der Waals surface area contributed by atoms with E-state index in [1.807, 2.05) is 6.07 Å². The predicted octanol–water partition coefficient (Wildman–Crippen LogP) is 2.51. The molecule has 21 heavy (non-hydrogen) atoms. The van der Waals surface area contributed by atoms with Crippen LogP contribution >= 0.6 is 0 Å². The second kappa shape index (κ2) is 6.13. The van der Waals surface area contributed by atoms with Crippen LogP contribution in [0.2, 0.25) is 0 Å². The molecular formula is C15H17N3O3. The fourth-order valence-electron chi connectivity index (χ4n) is 1.96. The molecule has 0 aliphatic rings. The maximum atomic E-state index is 12.4. The Morgan fingerprint density at radius 1 is 1.38 bits per heavy atom. The van der Waals surface area contributed by atoms with E-state index in [-0.39, 0.29) is 5.78 Å². The SMILES string of the molecule is CON=C(C)N(C)c1cccc(C(=O)c2ccoc2)c1N. The number of amidine groups is 1. The van der Waals surface area contributed by atoms with E-state index in [4.69, 9.17) is 15.0 Å². The third-order valence-electron chi connectivity index (χ3n) is 3.18. The van der Waals surface area contributed by atoms with Crippen molar-refractivity contribution in [2.24, 2.45) is 5.16 Å². The number of anilines is 2. The first kappa shape index (κ1) is 14.6. The first-order valence-electron chi connectivity index (χ1n) is 6.33. The number of carbonyl (C=O) groups excluding carboxylic acids is 1. The molecule has 0 radical (unpaired) electrons. The van der Waals surface area contributed by atoms with Gasteiger partial charge in [-0.15, -0.1) is 0 Å². The van der Waals surface area contributed by atoms with E-state index in [0.29, 0.717) is 28.3 Å². The van der Waals surface area contributed by atoms with Crippen LogP contribution in [0, 0.1) is 0 Å². The maximum absolute atomic E-state index is 12.4. The first-order valence-corrected chi connectivity index (χ1v) is 6.33. The summed E-state index contributed by atoms with van der Waals surface area (Å²) in [4.78, 5) is 18.9. The van der Waals surface area contributed by atoms with Crippen molar-refractivity contribution in [3.63, 3.8) is 0 Å². The highest BCUT2D eigenvalue weighted by atomic mass is 16.6.